The highest BCUT2D eigenvalue weighted by Gasteiger charge is 2.18. The lowest BCUT2D eigenvalue weighted by Crippen LogP contribution is -2.29. The van der Waals surface area contributed by atoms with E-state index in [0.29, 0.717) is 30.3 Å². The summed E-state index contributed by atoms with van der Waals surface area (Å²) in [5, 5.41) is 6.72. The molecule has 0 radical (unpaired) electrons. The van der Waals surface area contributed by atoms with Crippen molar-refractivity contribution in [3.05, 3.63) is 53.4 Å². The molecular weight excluding hydrogens is 268 g/mol. The van der Waals surface area contributed by atoms with Crippen LogP contribution in [0.2, 0.25) is 0 Å². The van der Waals surface area contributed by atoms with E-state index in [1.807, 2.05) is 30.3 Å². The second-order valence-electron chi connectivity index (χ2n) is 5.28. The smallest absolute Gasteiger partial charge is 0.273 e. The van der Waals surface area contributed by atoms with Crippen molar-refractivity contribution >= 4 is 5.91 Å². The molecule has 5 nitrogen and oxygen atoms in total. The Bertz CT molecular complexity index is 589. The molecule has 1 aromatic heterocycles. The molecule has 1 aliphatic heterocycles. The number of nitrogens with zero attached hydrogens (tertiary/aromatic N) is 1. The van der Waals surface area contributed by atoms with Crippen LogP contribution >= 0.6 is 0 Å². The topological polar surface area (TPSA) is 64.4 Å². The fourth-order valence-corrected chi connectivity index (χ4v) is 2.37. The van der Waals surface area contributed by atoms with Crippen LogP contribution in [0.25, 0.3) is 0 Å². The van der Waals surface area contributed by atoms with Gasteiger partial charge in [0.15, 0.2) is 5.69 Å². The van der Waals surface area contributed by atoms with Crippen LogP contribution in [-0.2, 0) is 11.2 Å². The van der Waals surface area contributed by atoms with Crippen molar-refractivity contribution < 1.29 is 14.1 Å². The molecule has 1 N–H and O–H groups in total. The Morgan fingerprint density at radius 1 is 1.33 bits per heavy atom. The standard InChI is InChI=1S/C16H18N2O3/c19-16(17-10-13-6-7-20-11-13)15-9-14(21-18-15)8-12-4-2-1-3-5-12/h1-5,9,13H,6-8,10-11H2,(H,17,19). The molecule has 1 aliphatic rings. The quantitative estimate of drug-likeness (QED) is 0.913. The minimum absolute atomic E-state index is 0.190. The first-order chi connectivity index (χ1) is 10.3. The number of amides is 1. The summed E-state index contributed by atoms with van der Waals surface area (Å²) >= 11 is 0. The van der Waals surface area contributed by atoms with E-state index in [-0.39, 0.29) is 5.91 Å². The summed E-state index contributed by atoms with van der Waals surface area (Å²) in [6, 6.07) is 11.7. The Kier molecular flexibility index (Phi) is 4.31. The van der Waals surface area contributed by atoms with Gasteiger partial charge in [-0.2, -0.15) is 0 Å². The van der Waals surface area contributed by atoms with Crippen molar-refractivity contribution in [2.75, 3.05) is 19.8 Å². The fourth-order valence-electron chi connectivity index (χ4n) is 2.37. The summed E-state index contributed by atoms with van der Waals surface area (Å²) in [4.78, 5) is 12.0. The Morgan fingerprint density at radius 3 is 2.95 bits per heavy atom. The molecule has 0 aliphatic carbocycles. The summed E-state index contributed by atoms with van der Waals surface area (Å²) in [7, 11) is 0. The molecule has 1 unspecified atom stereocenters. The third-order valence-corrected chi connectivity index (χ3v) is 3.59. The Morgan fingerprint density at radius 2 is 2.19 bits per heavy atom. The number of aromatic nitrogens is 1. The van der Waals surface area contributed by atoms with E-state index in [0.717, 1.165) is 25.2 Å². The van der Waals surface area contributed by atoms with Crippen molar-refractivity contribution in [2.24, 2.45) is 5.92 Å². The molecule has 3 rings (SSSR count). The van der Waals surface area contributed by atoms with E-state index in [2.05, 4.69) is 10.5 Å². The van der Waals surface area contributed by atoms with Crippen molar-refractivity contribution in [2.45, 2.75) is 12.8 Å². The third-order valence-electron chi connectivity index (χ3n) is 3.59. The lowest BCUT2D eigenvalue weighted by atomic mass is 10.1. The highest BCUT2D eigenvalue weighted by Crippen LogP contribution is 2.12. The predicted molar refractivity (Wildman–Crippen MR) is 77.0 cm³/mol. The van der Waals surface area contributed by atoms with E-state index in [1.165, 1.54) is 0 Å². The lowest BCUT2D eigenvalue weighted by Gasteiger charge is -2.07. The van der Waals surface area contributed by atoms with E-state index in [1.54, 1.807) is 6.07 Å². The highest BCUT2D eigenvalue weighted by molar-refractivity contribution is 5.92. The zero-order chi connectivity index (χ0) is 14.5. The van der Waals surface area contributed by atoms with Gasteiger partial charge in [0.1, 0.15) is 5.76 Å². The predicted octanol–water partition coefficient (Wildman–Crippen LogP) is 2.03. The average Bonchev–Trinajstić information content (AvgIpc) is 3.17. The molecule has 1 aromatic carbocycles. The van der Waals surface area contributed by atoms with Crippen LogP contribution in [0, 0.1) is 5.92 Å². The van der Waals surface area contributed by atoms with Crippen molar-refractivity contribution in [3.8, 4) is 0 Å². The first-order valence-electron chi connectivity index (χ1n) is 7.17. The molecule has 110 valence electrons. The molecule has 2 heterocycles. The molecule has 21 heavy (non-hydrogen) atoms. The molecule has 0 spiro atoms. The van der Waals surface area contributed by atoms with Gasteiger partial charge in [0, 0.05) is 31.6 Å². The lowest BCUT2D eigenvalue weighted by molar-refractivity contribution is 0.0936. The summed E-state index contributed by atoms with van der Waals surface area (Å²) in [5.41, 5.74) is 1.46. The summed E-state index contributed by atoms with van der Waals surface area (Å²) in [6.07, 6.45) is 1.63. The first-order valence-corrected chi connectivity index (χ1v) is 7.17. The number of benzene rings is 1. The van der Waals surface area contributed by atoms with E-state index < -0.39 is 0 Å². The van der Waals surface area contributed by atoms with Crippen LogP contribution < -0.4 is 5.32 Å². The monoisotopic (exact) mass is 286 g/mol. The van der Waals surface area contributed by atoms with E-state index >= 15 is 0 Å². The Labute approximate surface area is 123 Å². The average molecular weight is 286 g/mol. The number of rotatable bonds is 5. The zero-order valence-electron chi connectivity index (χ0n) is 11.7. The minimum atomic E-state index is -0.190. The second-order valence-corrected chi connectivity index (χ2v) is 5.28. The normalized spacial score (nSPS) is 17.8. The number of nitrogens with one attached hydrogen (secondary N) is 1. The number of ether oxygens (including phenoxy) is 1. The highest BCUT2D eigenvalue weighted by atomic mass is 16.5. The zero-order valence-corrected chi connectivity index (χ0v) is 11.7. The van der Waals surface area contributed by atoms with Gasteiger partial charge in [-0.25, -0.2) is 0 Å². The number of hydrogen-bond donors (Lipinski definition) is 1. The van der Waals surface area contributed by atoms with Gasteiger partial charge in [-0.3, -0.25) is 4.79 Å². The molecular formula is C16H18N2O3. The van der Waals surface area contributed by atoms with Gasteiger partial charge in [0.25, 0.3) is 5.91 Å². The Hall–Kier alpha value is -2.14. The Balaban J connectivity index is 1.55. The summed E-state index contributed by atoms with van der Waals surface area (Å²) < 4.78 is 10.5. The summed E-state index contributed by atoms with van der Waals surface area (Å²) in [5.74, 6) is 0.908. The van der Waals surface area contributed by atoms with Crippen LogP contribution in [0.5, 0.6) is 0 Å². The second kappa shape index (κ2) is 6.54. The maximum absolute atomic E-state index is 12.0. The largest absolute Gasteiger partial charge is 0.381 e. The van der Waals surface area contributed by atoms with Gasteiger partial charge in [0.2, 0.25) is 0 Å². The van der Waals surface area contributed by atoms with Gasteiger partial charge >= 0.3 is 0 Å². The van der Waals surface area contributed by atoms with Crippen LogP contribution in [0.3, 0.4) is 0 Å². The molecule has 1 saturated heterocycles. The van der Waals surface area contributed by atoms with E-state index in [4.69, 9.17) is 9.26 Å². The molecule has 1 amide bonds. The van der Waals surface area contributed by atoms with Crippen molar-refractivity contribution in [1.82, 2.24) is 10.5 Å². The van der Waals surface area contributed by atoms with Gasteiger partial charge in [-0.15, -0.1) is 0 Å². The van der Waals surface area contributed by atoms with Crippen LogP contribution in [-0.4, -0.2) is 30.8 Å². The number of hydrogen-bond acceptors (Lipinski definition) is 4. The molecule has 1 atom stereocenters. The van der Waals surface area contributed by atoms with Gasteiger partial charge in [-0.1, -0.05) is 35.5 Å². The molecule has 5 heteroatoms. The maximum Gasteiger partial charge on any atom is 0.273 e. The summed E-state index contributed by atoms with van der Waals surface area (Å²) in [6.45, 7) is 2.13. The molecule has 0 bridgehead atoms. The molecule has 0 saturated carbocycles. The van der Waals surface area contributed by atoms with Gasteiger partial charge < -0.3 is 14.6 Å². The van der Waals surface area contributed by atoms with Crippen LogP contribution in [0.15, 0.2) is 40.9 Å². The maximum atomic E-state index is 12.0. The fraction of sp³-hybridized carbons (Fsp3) is 0.375. The number of carbonyl (C=O) groups is 1. The number of carbonyl (C=O) groups excluding carboxylic acids is 1. The molecule has 1 fully saturated rings. The minimum Gasteiger partial charge on any atom is -0.381 e. The molecule has 2 aromatic rings. The first kappa shape index (κ1) is 13.8. The van der Waals surface area contributed by atoms with Crippen LogP contribution in [0.4, 0.5) is 0 Å². The van der Waals surface area contributed by atoms with Crippen molar-refractivity contribution in [1.29, 1.82) is 0 Å². The van der Waals surface area contributed by atoms with Gasteiger partial charge in [-0.05, 0) is 12.0 Å². The van der Waals surface area contributed by atoms with Crippen molar-refractivity contribution in [3.63, 3.8) is 0 Å². The SMILES string of the molecule is O=C(NCC1CCOC1)c1cc(Cc2ccccc2)on1. The third kappa shape index (κ3) is 3.70. The van der Waals surface area contributed by atoms with Gasteiger partial charge in [0.05, 0.1) is 6.61 Å². The van der Waals surface area contributed by atoms with Crippen LogP contribution in [0.1, 0.15) is 28.2 Å². The van der Waals surface area contributed by atoms with E-state index in [9.17, 15) is 4.79 Å².